The average molecular weight is 873 g/mol. The Labute approximate surface area is 385 Å². The molecule has 364 valence electrons. The summed E-state index contributed by atoms with van der Waals surface area (Å²) in [5.41, 5.74) is 0. The van der Waals surface area contributed by atoms with Gasteiger partial charge in [-0.25, -0.2) is 0 Å². The molecule has 62 heavy (non-hydrogen) atoms. The molecule has 0 radical (unpaired) electrons. The Kier molecular flexibility index (Phi) is 49.8. The van der Waals surface area contributed by atoms with E-state index in [0.717, 1.165) is 57.8 Å². The number of ether oxygens (including phenoxy) is 3. The topological polar surface area (TPSA) is 78.9 Å². The van der Waals surface area contributed by atoms with E-state index in [4.69, 9.17) is 14.2 Å². The molecule has 0 aromatic rings. The van der Waals surface area contributed by atoms with E-state index in [-0.39, 0.29) is 31.1 Å². The minimum Gasteiger partial charge on any atom is -0.462 e. The normalized spacial score (nSPS) is 12.1. The SMILES string of the molecule is CCCCCCCCC/C=C\CCCCCCCCCC(=O)OCC(COC(=O)CCCCCCCCCC)OC(=O)CCCCCCCCC/C=C\CCCCCCCCC. The van der Waals surface area contributed by atoms with Crippen LogP contribution in [0.1, 0.15) is 297 Å². The van der Waals surface area contributed by atoms with Crippen molar-refractivity contribution in [1.29, 1.82) is 0 Å². The van der Waals surface area contributed by atoms with Crippen LogP contribution in [0.25, 0.3) is 0 Å². The summed E-state index contributed by atoms with van der Waals surface area (Å²) < 4.78 is 16.8. The minimum atomic E-state index is -0.770. The molecule has 0 rings (SSSR count). The molecule has 0 N–H and O–H groups in total. The van der Waals surface area contributed by atoms with E-state index in [0.29, 0.717) is 19.3 Å². The molecule has 0 bridgehead atoms. The van der Waals surface area contributed by atoms with Crippen molar-refractivity contribution in [2.24, 2.45) is 0 Å². The van der Waals surface area contributed by atoms with Crippen LogP contribution >= 0.6 is 0 Å². The van der Waals surface area contributed by atoms with E-state index in [2.05, 4.69) is 45.1 Å². The van der Waals surface area contributed by atoms with Crippen molar-refractivity contribution in [3.8, 4) is 0 Å². The maximum atomic E-state index is 12.8. The van der Waals surface area contributed by atoms with Crippen LogP contribution in [0.2, 0.25) is 0 Å². The number of carbonyl (C=O) groups excluding carboxylic acids is 3. The molecule has 6 nitrogen and oxygen atoms in total. The van der Waals surface area contributed by atoms with Crippen LogP contribution in [0.3, 0.4) is 0 Å². The zero-order valence-electron chi connectivity index (χ0n) is 41.7. The zero-order valence-corrected chi connectivity index (χ0v) is 41.7. The second-order valence-corrected chi connectivity index (χ2v) is 18.5. The van der Waals surface area contributed by atoms with Crippen molar-refractivity contribution in [3.63, 3.8) is 0 Å². The third-order valence-electron chi connectivity index (χ3n) is 12.2. The summed E-state index contributed by atoms with van der Waals surface area (Å²) in [6.07, 6.45) is 58.9. The number of hydrogen-bond acceptors (Lipinski definition) is 6. The van der Waals surface area contributed by atoms with Crippen molar-refractivity contribution in [3.05, 3.63) is 24.3 Å². The number of esters is 3. The summed E-state index contributed by atoms with van der Waals surface area (Å²) >= 11 is 0. The Balaban J connectivity index is 4.25. The third-order valence-corrected chi connectivity index (χ3v) is 12.2. The first-order valence-corrected chi connectivity index (χ1v) is 27.3. The van der Waals surface area contributed by atoms with Crippen molar-refractivity contribution in [2.75, 3.05) is 13.2 Å². The summed E-state index contributed by atoms with van der Waals surface area (Å²) in [7, 11) is 0. The van der Waals surface area contributed by atoms with Gasteiger partial charge >= 0.3 is 17.9 Å². The second-order valence-electron chi connectivity index (χ2n) is 18.5. The van der Waals surface area contributed by atoms with E-state index in [1.165, 1.54) is 199 Å². The van der Waals surface area contributed by atoms with Gasteiger partial charge in [-0.1, -0.05) is 231 Å². The summed E-state index contributed by atoms with van der Waals surface area (Å²) in [5, 5.41) is 0. The van der Waals surface area contributed by atoms with Gasteiger partial charge in [0.1, 0.15) is 13.2 Å². The fraction of sp³-hybridized carbons (Fsp3) is 0.875. The van der Waals surface area contributed by atoms with Crippen molar-refractivity contribution < 1.29 is 28.6 Å². The van der Waals surface area contributed by atoms with Crippen LogP contribution in [0, 0.1) is 0 Å². The van der Waals surface area contributed by atoms with Crippen LogP contribution in [0.4, 0.5) is 0 Å². The predicted octanol–water partition coefficient (Wildman–Crippen LogP) is 17.9. The Hall–Kier alpha value is -2.11. The molecule has 0 fully saturated rings. The molecule has 0 aliphatic carbocycles. The average Bonchev–Trinajstić information content (AvgIpc) is 3.27. The monoisotopic (exact) mass is 873 g/mol. The Morgan fingerprint density at radius 2 is 0.532 bits per heavy atom. The molecule has 1 atom stereocenters. The van der Waals surface area contributed by atoms with Gasteiger partial charge in [0.25, 0.3) is 0 Å². The number of carbonyl (C=O) groups is 3. The Morgan fingerprint density at radius 1 is 0.306 bits per heavy atom. The number of rotatable bonds is 50. The summed E-state index contributed by atoms with van der Waals surface area (Å²) in [6.45, 7) is 6.63. The molecule has 0 saturated heterocycles. The summed E-state index contributed by atoms with van der Waals surface area (Å²) in [5.74, 6) is -0.870. The van der Waals surface area contributed by atoms with Crippen LogP contribution in [0.15, 0.2) is 24.3 Å². The molecule has 0 aromatic carbocycles. The predicted molar refractivity (Wildman–Crippen MR) is 266 cm³/mol. The van der Waals surface area contributed by atoms with Gasteiger partial charge in [0.15, 0.2) is 6.10 Å². The fourth-order valence-electron chi connectivity index (χ4n) is 8.02. The number of unbranched alkanes of at least 4 members (excludes halogenated alkanes) is 35. The zero-order chi connectivity index (χ0) is 45.1. The van der Waals surface area contributed by atoms with Crippen LogP contribution in [0.5, 0.6) is 0 Å². The highest BCUT2D eigenvalue weighted by molar-refractivity contribution is 5.71. The molecule has 0 spiro atoms. The lowest BCUT2D eigenvalue weighted by molar-refractivity contribution is -0.167. The summed E-state index contributed by atoms with van der Waals surface area (Å²) in [4.78, 5) is 37.9. The summed E-state index contributed by atoms with van der Waals surface area (Å²) in [6, 6.07) is 0. The first-order valence-electron chi connectivity index (χ1n) is 27.3. The van der Waals surface area contributed by atoms with Crippen LogP contribution in [-0.4, -0.2) is 37.2 Å². The third kappa shape index (κ3) is 48.9. The molecular formula is C56H104O6. The van der Waals surface area contributed by atoms with Crippen LogP contribution in [-0.2, 0) is 28.6 Å². The lowest BCUT2D eigenvalue weighted by Crippen LogP contribution is -2.30. The standard InChI is InChI=1S/C56H104O6/c1-4-7-10-13-16-19-21-23-25-27-29-31-33-35-37-40-43-46-49-55(58)61-52-53(51-60-54(57)48-45-42-39-18-15-12-9-6-3)62-56(59)50-47-44-41-38-36-34-32-30-28-26-24-22-20-17-14-11-8-5-2/h25-28,53H,4-24,29-52H2,1-3H3/b27-25-,28-26-. The second kappa shape index (κ2) is 51.5. The van der Waals surface area contributed by atoms with Gasteiger partial charge in [0.05, 0.1) is 0 Å². The fourth-order valence-corrected chi connectivity index (χ4v) is 8.02. The molecule has 0 amide bonds. The first-order chi connectivity index (χ1) is 30.5. The van der Waals surface area contributed by atoms with E-state index >= 15 is 0 Å². The molecule has 0 aliphatic heterocycles. The Morgan fingerprint density at radius 3 is 0.806 bits per heavy atom. The van der Waals surface area contributed by atoms with Gasteiger partial charge < -0.3 is 14.2 Å². The lowest BCUT2D eigenvalue weighted by atomic mass is 10.1. The molecule has 0 aromatic heterocycles. The minimum absolute atomic E-state index is 0.0713. The van der Waals surface area contributed by atoms with Crippen molar-refractivity contribution in [1.82, 2.24) is 0 Å². The molecule has 0 aliphatic rings. The van der Waals surface area contributed by atoms with Gasteiger partial charge in [0, 0.05) is 19.3 Å². The van der Waals surface area contributed by atoms with E-state index < -0.39 is 6.10 Å². The van der Waals surface area contributed by atoms with E-state index in [9.17, 15) is 14.4 Å². The van der Waals surface area contributed by atoms with Crippen molar-refractivity contribution in [2.45, 2.75) is 303 Å². The molecule has 0 heterocycles. The molecule has 0 saturated carbocycles. The largest absolute Gasteiger partial charge is 0.462 e. The van der Waals surface area contributed by atoms with E-state index in [1.807, 2.05) is 0 Å². The number of hydrogen-bond donors (Lipinski definition) is 0. The molecular weight excluding hydrogens is 769 g/mol. The molecule has 6 heteroatoms. The highest BCUT2D eigenvalue weighted by Gasteiger charge is 2.19. The smallest absolute Gasteiger partial charge is 0.306 e. The maximum Gasteiger partial charge on any atom is 0.306 e. The van der Waals surface area contributed by atoms with E-state index in [1.54, 1.807) is 0 Å². The van der Waals surface area contributed by atoms with Gasteiger partial charge in [-0.2, -0.15) is 0 Å². The van der Waals surface area contributed by atoms with Gasteiger partial charge in [-0.15, -0.1) is 0 Å². The maximum absolute atomic E-state index is 12.8. The van der Waals surface area contributed by atoms with Gasteiger partial charge in [-0.3, -0.25) is 14.4 Å². The molecule has 1 unspecified atom stereocenters. The first kappa shape index (κ1) is 59.9. The highest BCUT2D eigenvalue weighted by Crippen LogP contribution is 2.15. The van der Waals surface area contributed by atoms with Gasteiger partial charge in [-0.05, 0) is 70.6 Å². The lowest BCUT2D eigenvalue weighted by Gasteiger charge is -2.18. The van der Waals surface area contributed by atoms with Gasteiger partial charge in [0.2, 0.25) is 0 Å². The van der Waals surface area contributed by atoms with Crippen molar-refractivity contribution >= 4 is 17.9 Å². The van der Waals surface area contributed by atoms with Crippen LogP contribution < -0.4 is 0 Å². The Bertz CT molecular complexity index is 1000. The number of allylic oxidation sites excluding steroid dienone is 4. The quantitative estimate of drug-likeness (QED) is 0.0262. The highest BCUT2D eigenvalue weighted by atomic mass is 16.6.